The molecule has 1 aromatic rings. The van der Waals surface area contributed by atoms with E-state index >= 15 is 0 Å². The molecule has 0 amide bonds. The zero-order valence-electron chi connectivity index (χ0n) is 12.2. The third kappa shape index (κ3) is 4.81. The molecule has 3 nitrogen and oxygen atoms in total. The van der Waals surface area contributed by atoms with Crippen LogP contribution in [-0.2, 0) is 6.54 Å². The quantitative estimate of drug-likeness (QED) is 0.902. The van der Waals surface area contributed by atoms with Crippen LogP contribution in [0.2, 0.25) is 5.02 Å². The van der Waals surface area contributed by atoms with Gasteiger partial charge in [-0.15, -0.1) is 12.4 Å². The maximum absolute atomic E-state index is 6.28. The minimum absolute atomic E-state index is 0. The van der Waals surface area contributed by atoms with Crippen LogP contribution in [0.1, 0.15) is 18.4 Å². The molecule has 2 rings (SSSR count). The van der Waals surface area contributed by atoms with Crippen molar-refractivity contribution in [2.75, 3.05) is 33.8 Å². The Morgan fingerprint density at radius 2 is 2.25 bits per heavy atom. The van der Waals surface area contributed by atoms with Gasteiger partial charge >= 0.3 is 0 Å². The van der Waals surface area contributed by atoms with Crippen LogP contribution in [0.15, 0.2) is 18.2 Å². The lowest BCUT2D eigenvalue weighted by Gasteiger charge is -2.32. The summed E-state index contributed by atoms with van der Waals surface area (Å²) in [6.07, 6.45) is 2.59. The number of methoxy groups -OCH3 is 1. The second-order valence-electron chi connectivity index (χ2n) is 5.26. The van der Waals surface area contributed by atoms with E-state index in [4.69, 9.17) is 16.3 Å². The Labute approximate surface area is 133 Å². The Hall–Kier alpha value is -0.480. The van der Waals surface area contributed by atoms with Gasteiger partial charge in [0.25, 0.3) is 0 Å². The molecule has 114 valence electrons. The van der Waals surface area contributed by atoms with Crippen LogP contribution in [0.25, 0.3) is 0 Å². The van der Waals surface area contributed by atoms with E-state index in [0.29, 0.717) is 0 Å². The molecule has 1 saturated heterocycles. The third-order valence-corrected chi connectivity index (χ3v) is 4.11. The summed E-state index contributed by atoms with van der Waals surface area (Å²) in [6.45, 7) is 4.32. The minimum Gasteiger partial charge on any atom is -0.497 e. The number of piperidine rings is 1. The van der Waals surface area contributed by atoms with Gasteiger partial charge in [0.15, 0.2) is 0 Å². The summed E-state index contributed by atoms with van der Waals surface area (Å²) in [7, 11) is 3.72. The number of nitrogens with one attached hydrogen (secondary N) is 1. The molecular formula is C15H24Cl2N2O. The van der Waals surface area contributed by atoms with Gasteiger partial charge in [0.1, 0.15) is 5.75 Å². The zero-order chi connectivity index (χ0) is 13.7. The van der Waals surface area contributed by atoms with Crippen LogP contribution >= 0.6 is 24.0 Å². The van der Waals surface area contributed by atoms with Crippen molar-refractivity contribution >= 4 is 24.0 Å². The lowest BCUT2D eigenvalue weighted by molar-refractivity contribution is 0.167. The summed E-state index contributed by atoms with van der Waals surface area (Å²) < 4.78 is 5.27. The number of ether oxygens (including phenoxy) is 1. The van der Waals surface area contributed by atoms with E-state index in [9.17, 15) is 0 Å². The average Bonchev–Trinajstić information content (AvgIpc) is 2.42. The van der Waals surface area contributed by atoms with Crippen LogP contribution in [0.3, 0.4) is 0 Å². The van der Waals surface area contributed by atoms with Crippen molar-refractivity contribution in [3.05, 3.63) is 28.8 Å². The summed E-state index contributed by atoms with van der Waals surface area (Å²) in [5.74, 6) is 1.63. The average molecular weight is 319 g/mol. The summed E-state index contributed by atoms with van der Waals surface area (Å²) in [5.41, 5.74) is 1.16. The van der Waals surface area contributed by atoms with Crippen LogP contribution in [0.5, 0.6) is 5.75 Å². The van der Waals surface area contributed by atoms with Gasteiger partial charge in [-0.25, -0.2) is 0 Å². The molecule has 1 unspecified atom stereocenters. The molecule has 1 aliphatic heterocycles. The molecule has 5 heteroatoms. The van der Waals surface area contributed by atoms with E-state index in [0.717, 1.165) is 48.4 Å². The first-order chi connectivity index (χ1) is 9.22. The molecular weight excluding hydrogens is 295 g/mol. The Balaban J connectivity index is 0.00000200. The first-order valence-electron chi connectivity index (χ1n) is 6.92. The van der Waals surface area contributed by atoms with Crippen molar-refractivity contribution in [1.82, 2.24) is 10.2 Å². The maximum Gasteiger partial charge on any atom is 0.119 e. The molecule has 1 aromatic carbocycles. The van der Waals surface area contributed by atoms with Gasteiger partial charge in [0, 0.05) is 18.1 Å². The third-order valence-electron chi connectivity index (χ3n) is 3.74. The molecule has 0 aromatic heterocycles. The van der Waals surface area contributed by atoms with Crippen molar-refractivity contribution in [3.63, 3.8) is 0 Å². The predicted molar refractivity (Wildman–Crippen MR) is 87.2 cm³/mol. The van der Waals surface area contributed by atoms with Gasteiger partial charge < -0.3 is 10.1 Å². The molecule has 1 atom stereocenters. The Morgan fingerprint density at radius 1 is 1.45 bits per heavy atom. The number of halogens is 2. The lowest BCUT2D eigenvalue weighted by atomic mass is 9.97. The smallest absolute Gasteiger partial charge is 0.119 e. The highest BCUT2D eigenvalue weighted by atomic mass is 35.5. The molecule has 0 saturated carbocycles. The van der Waals surface area contributed by atoms with Crippen molar-refractivity contribution in [2.45, 2.75) is 19.4 Å². The van der Waals surface area contributed by atoms with Crippen LogP contribution in [-0.4, -0.2) is 38.7 Å². The maximum atomic E-state index is 6.28. The number of hydrogen-bond acceptors (Lipinski definition) is 3. The van der Waals surface area contributed by atoms with Gasteiger partial charge in [-0.2, -0.15) is 0 Å². The predicted octanol–water partition coefficient (Wildman–Crippen LogP) is 3.20. The molecule has 0 bridgehead atoms. The molecule has 1 heterocycles. The number of nitrogens with zero attached hydrogens (tertiary/aromatic N) is 1. The number of benzene rings is 1. The molecule has 1 fully saturated rings. The van der Waals surface area contributed by atoms with Gasteiger partial charge in [-0.3, -0.25) is 4.90 Å². The van der Waals surface area contributed by atoms with Crippen LogP contribution in [0.4, 0.5) is 0 Å². The first kappa shape index (κ1) is 17.6. The monoisotopic (exact) mass is 318 g/mol. The normalized spacial score (nSPS) is 19.4. The molecule has 0 radical (unpaired) electrons. The minimum atomic E-state index is 0. The van der Waals surface area contributed by atoms with Gasteiger partial charge in [-0.05, 0) is 62.7 Å². The summed E-state index contributed by atoms with van der Waals surface area (Å²) in [5, 5.41) is 4.11. The van der Waals surface area contributed by atoms with Crippen LogP contribution < -0.4 is 10.1 Å². The van der Waals surface area contributed by atoms with Crippen molar-refractivity contribution in [2.24, 2.45) is 5.92 Å². The number of rotatable bonds is 5. The van der Waals surface area contributed by atoms with E-state index in [1.165, 1.54) is 12.8 Å². The highest BCUT2D eigenvalue weighted by molar-refractivity contribution is 6.31. The number of likely N-dealkylation sites (tertiary alicyclic amines) is 1. The second-order valence-corrected chi connectivity index (χ2v) is 5.67. The molecule has 0 spiro atoms. The molecule has 1 aliphatic rings. The molecule has 1 N–H and O–H groups in total. The highest BCUT2D eigenvalue weighted by Crippen LogP contribution is 2.25. The highest BCUT2D eigenvalue weighted by Gasteiger charge is 2.20. The fourth-order valence-electron chi connectivity index (χ4n) is 2.79. The second kappa shape index (κ2) is 8.73. The van der Waals surface area contributed by atoms with E-state index in [-0.39, 0.29) is 12.4 Å². The van der Waals surface area contributed by atoms with E-state index in [1.807, 2.05) is 25.2 Å². The van der Waals surface area contributed by atoms with Gasteiger partial charge in [0.05, 0.1) is 7.11 Å². The summed E-state index contributed by atoms with van der Waals surface area (Å²) in [4.78, 5) is 2.49. The van der Waals surface area contributed by atoms with Crippen molar-refractivity contribution < 1.29 is 4.74 Å². The Morgan fingerprint density at radius 3 is 2.95 bits per heavy atom. The largest absolute Gasteiger partial charge is 0.497 e. The fourth-order valence-corrected chi connectivity index (χ4v) is 2.97. The summed E-state index contributed by atoms with van der Waals surface area (Å²) >= 11 is 6.28. The van der Waals surface area contributed by atoms with Crippen molar-refractivity contribution in [1.29, 1.82) is 0 Å². The standard InChI is InChI=1S/C15H23ClN2O.ClH/c1-17-9-12-4-3-7-18(10-12)11-13-8-14(19-2)5-6-15(13)16;/h5-6,8,12,17H,3-4,7,9-11H2,1-2H3;1H. The van der Waals surface area contributed by atoms with Crippen molar-refractivity contribution in [3.8, 4) is 5.75 Å². The van der Waals surface area contributed by atoms with Gasteiger partial charge in [0.2, 0.25) is 0 Å². The van der Waals surface area contributed by atoms with E-state index < -0.39 is 0 Å². The van der Waals surface area contributed by atoms with E-state index in [2.05, 4.69) is 10.2 Å². The Kier molecular flexibility index (Phi) is 7.67. The van der Waals surface area contributed by atoms with Gasteiger partial charge in [-0.1, -0.05) is 11.6 Å². The Bertz CT molecular complexity index is 413. The SMILES string of the molecule is CNCC1CCCN(Cc2cc(OC)ccc2Cl)C1.Cl. The lowest BCUT2D eigenvalue weighted by Crippen LogP contribution is -2.38. The van der Waals surface area contributed by atoms with Crippen LogP contribution in [0, 0.1) is 5.92 Å². The van der Waals surface area contributed by atoms with E-state index in [1.54, 1.807) is 7.11 Å². The zero-order valence-corrected chi connectivity index (χ0v) is 13.8. The fraction of sp³-hybridized carbons (Fsp3) is 0.600. The first-order valence-corrected chi connectivity index (χ1v) is 7.30. The topological polar surface area (TPSA) is 24.5 Å². The number of hydrogen-bond donors (Lipinski definition) is 1. The summed E-state index contributed by atoms with van der Waals surface area (Å²) in [6, 6.07) is 5.88. The molecule has 20 heavy (non-hydrogen) atoms. The molecule has 0 aliphatic carbocycles.